The zero-order chi connectivity index (χ0) is 14.5. The van der Waals surface area contributed by atoms with Crippen LogP contribution in [0.4, 0.5) is 5.69 Å². The predicted octanol–water partition coefficient (Wildman–Crippen LogP) is 2.27. The second-order valence-electron chi connectivity index (χ2n) is 4.25. The van der Waals surface area contributed by atoms with Gasteiger partial charge in [-0.05, 0) is 17.7 Å². The van der Waals surface area contributed by atoms with Crippen molar-refractivity contribution in [2.45, 2.75) is 6.42 Å². The summed E-state index contributed by atoms with van der Waals surface area (Å²) in [4.78, 5) is 22.6. The molecule has 3 N–H and O–H groups in total. The predicted molar refractivity (Wildman–Crippen MR) is 73.8 cm³/mol. The third-order valence-electron chi connectivity index (χ3n) is 2.72. The largest absolute Gasteiger partial charge is 0.507 e. The molecule has 104 valence electrons. The second-order valence-corrected chi connectivity index (χ2v) is 4.25. The molecule has 0 aliphatic rings. The summed E-state index contributed by atoms with van der Waals surface area (Å²) >= 11 is 0. The summed E-state index contributed by atoms with van der Waals surface area (Å²) in [5.41, 5.74) is 1.02. The van der Waals surface area contributed by atoms with Gasteiger partial charge >= 0.3 is 5.97 Å². The normalized spacial score (nSPS) is 9.52. The molecule has 1 amide bonds. The number of hydrogen-bond donors (Lipinski definition) is 3. The van der Waals surface area contributed by atoms with E-state index in [1.165, 1.54) is 18.2 Å². The summed E-state index contributed by atoms with van der Waals surface area (Å²) in [6.45, 7) is 0. The number of benzene rings is 2. The van der Waals surface area contributed by atoms with E-state index in [9.17, 15) is 14.7 Å². The smallest absolute Gasteiger partial charge is 0.339 e. The Labute approximate surface area is 134 Å². The molecule has 0 aliphatic heterocycles. The fourth-order valence-corrected chi connectivity index (χ4v) is 1.78. The molecule has 2 aromatic carbocycles. The Morgan fingerprint density at radius 1 is 1.05 bits per heavy atom. The molecule has 0 saturated carbocycles. The zero-order valence-electron chi connectivity index (χ0n) is 11.2. The number of phenols is 1. The van der Waals surface area contributed by atoms with Gasteiger partial charge in [0, 0.05) is 31.2 Å². The van der Waals surface area contributed by atoms with Gasteiger partial charge in [-0.25, -0.2) is 4.79 Å². The van der Waals surface area contributed by atoms with Gasteiger partial charge < -0.3 is 15.5 Å². The Kier molecular flexibility index (Phi) is 6.06. The topological polar surface area (TPSA) is 86.6 Å². The van der Waals surface area contributed by atoms with Crippen molar-refractivity contribution >= 4 is 17.6 Å². The Morgan fingerprint density at radius 2 is 1.71 bits per heavy atom. The van der Waals surface area contributed by atoms with Crippen LogP contribution in [0, 0.1) is 0 Å². The number of nitrogens with one attached hydrogen (secondary N) is 1. The summed E-state index contributed by atoms with van der Waals surface area (Å²) in [5.74, 6) is -1.83. The summed E-state index contributed by atoms with van der Waals surface area (Å²) in [6.07, 6.45) is 0.211. The van der Waals surface area contributed by atoms with Gasteiger partial charge in [0.05, 0.1) is 6.42 Å². The van der Waals surface area contributed by atoms with Gasteiger partial charge in [-0.15, -0.1) is 0 Å². The molecule has 2 aromatic rings. The molecule has 0 saturated heterocycles. The average molecular weight is 337 g/mol. The van der Waals surface area contributed by atoms with Gasteiger partial charge in [-0.1, -0.05) is 30.3 Å². The van der Waals surface area contributed by atoms with E-state index in [1.807, 2.05) is 30.3 Å². The number of carboxylic acids is 1. The molecule has 6 heteroatoms. The van der Waals surface area contributed by atoms with Gasteiger partial charge in [-0.2, -0.15) is 0 Å². The molecular formula is C15H13NO4Zn. The number of anilines is 1. The minimum atomic E-state index is -1.22. The Morgan fingerprint density at radius 3 is 2.29 bits per heavy atom. The van der Waals surface area contributed by atoms with E-state index in [0.29, 0.717) is 5.69 Å². The third kappa shape index (κ3) is 4.69. The van der Waals surface area contributed by atoms with Crippen molar-refractivity contribution in [1.82, 2.24) is 0 Å². The molecule has 0 aliphatic carbocycles. The molecule has 0 atom stereocenters. The number of aromatic hydroxyl groups is 1. The van der Waals surface area contributed by atoms with Crippen molar-refractivity contribution in [1.29, 1.82) is 0 Å². The van der Waals surface area contributed by atoms with Gasteiger partial charge in [-0.3, -0.25) is 4.79 Å². The van der Waals surface area contributed by atoms with Crippen LogP contribution in [-0.4, -0.2) is 22.1 Å². The molecule has 0 heterocycles. The first kappa shape index (κ1) is 16.9. The Balaban J connectivity index is 0.00000220. The first-order valence-corrected chi connectivity index (χ1v) is 5.96. The minimum absolute atomic E-state index is 0. The maximum atomic E-state index is 11.8. The van der Waals surface area contributed by atoms with E-state index in [0.717, 1.165) is 5.56 Å². The molecule has 0 fully saturated rings. The van der Waals surface area contributed by atoms with E-state index in [-0.39, 0.29) is 43.1 Å². The van der Waals surface area contributed by atoms with Crippen LogP contribution in [0.25, 0.3) is 0 Å². The van der Waals surface area contributed by atoms with Crippen LogP contribution in [0.1, 0.15) is 15.9 Å². The molecule has 0 spiro atoms. The van der Waals surface area contributed by atoms with Crippen molar-refractivity contribution in [3.05, 3.63) is 59.7 Å². The number of carboxylic acid groups (broad SMARTS) is 1. The molecule has 0 radical (unpaired) electrons. The summed E-state index contributed by atoms with van der Waals surface area (Å²) < 4.78 is 0. The van der Waals surface area contributed by atoms with Crippen LogP contribution in [0.2, 0.25) is 0 Å². The monoisotopic (exact) mass is 335 g/mol. The molecule has 21 heavy (non-hydrogen) atoms. The van der Waals surface area contributed by atoms with E-state index in [1.54, 1.807) is 0 Å². The minimum Gasteiger partial charge on any atom is -0.507 e. The number of aromatic carboxylic acids is 1. The molecule has 5 nitrogen and oxygen atoms in total. The van der Waals surface area contributed by atoms with Crippen LogP contribution >= 0.6 is 0 Å². The third-order valence-corrected chi connectivity index (χ3v) is 2.72. The Bertz CT molecular complexity index is 643. The van der Waals surface area contributed by atoms with Crippen LogP contribution in [0.3, 0.4) is 0 Å². The number of rotatable bonds is 4. The second kappa shape index (κ2) is 7.55. The zero-order valence-corrected chi connectivity index (χ0v) is 14.2. The van der Waals surface area contributed by atoms with Crippen molar-refractivity contribution < 1.29 is 39.3 Å². The van der Waals surface area contributed by atoms with Crippen LogP contribution < -0.4 is 5.32 Å². The van der Waals surface area contributed by atoms with Gasteiger partial charge in [0.2, 0.25) is 5.91 Å². The Hall–Kier alpha value is -2.20. The van der Waals surface area contributed by atoms with Gasteiger partial charge in [0.1, 0.15) is 11.3 Å². The number of carbonyl (C=O) groups is 2. The quantitative estimate of drug-likeness (QED) is 0.748. The van der Waals surface area contributed by atoms with E-state index in [4.69, 9.17) is 5.11 Å². The van der Waals surface area contributed by atoms with E-state index < -0.39 is 5.97 Å². The number of amides is 1. The number of carbonyl (C=O) groups excluding carboxylic acids is 1. The summed E-state index contributed by atoms with van der Waals surface area (Å²) in [6, 6.07) is 13.1. The van der Waals surface area contributed by atoms with Gasteiger partial charge in [0.25, 0.3) is 0 Å². The molecule has 2 rings (SSSR count). The molecule has 0 bridgehead atoms. The van der Waals surface area contributed by atoms with E-state index >= 15 is 0 Å². The average Bonchev–Trinajstić information content (AvgIpc) is 2.39. The summed E-state index contributed by atoms with van der Waals surface area (Å²) in [5, 5.41) is 20.9. The molecule has 0 aromatic heterocycles. The van der Waals surface area contributed by atoms with E-state index in [2.05, 4.69) is 5.32 Å². The van der Waals surface area contributed by atoms with Crippen LogP contribution in [0.15, 0.2) is 48.5 Å². The first-order valence-electron chi connectivity index (χ1n) is 5.96. The van der Waals surface area contributed by atoms with Crippen LogP contribution in [-0.2, 0) is 30.7 Å². The van der Waals surface area contributed by atoms with Crippen molar-refractivity contribution in [3.63, 3.8) is 0 Å². The van der Waals surface area contributed by atoms with Gasteiger partial charge in [0.15, 0.2) is 0 Å². The number of hydrogen-bond acceptors (Lipinski definition) is 3. The SMILES string of the molecule is O=C(Cc1ccccc1)Nc1ccc(C(=O)O)c(O)c1.[Zn]. The summed E-state index contributed by atoms with van der Waals surface area (Å²) in [7, 11) is 0. The first-order chi connectivity index (χ1) is 9.56. The van der Waals surface area contributed by atoms with Crippen molar-refractivity contribution in [2.24, 2.45) is 0 Å². The van der Waals surface area contributed by atoms with Crippen molar-refractivity contribution in [3.8, 4) is 5.75 Å². The molecular weight excluding hydrogens is 324 g/mol. The maximum Gasteiger partial charge on any atom is 0.339 e. The molecule has 0 unspecified atom stereocenters. The fourth-order valence-electron chi connectivity index (χ4n) is 1.78. The van der Waals surface area contributed by atoms with Crippen molar-refractivity contribution in [2.75, 3.05) is 5.32 Å². The fraction of sp³-hybridized carbons (Fsp3) is 0.0667. The maximum absolute atomic E-state index is 11.8. The standard InChI is InChI=1S/C15H13NO4.Zn/c17-13-9-11(6-7-12(13)15(19)20)16-14(18)8-10-4-2-1-3-5-10;/h1-7,9,17H,8H2,(H,16,18)(H,19,20);. The van der Waals surface area contributed by atoms with Crippen LogP contribution in [0.5, 0.6) is 5.75 Å².